The molecule has 0 bridgehead atoms. The second kappa shape index (κ2) is 9.83. The number of hydrogen-bond acceptors (Lipinski definition) is 4. The van der Waals surface area contributed by atoms with Gasteiger partial charge in [-0.1, -0.05) is 66.5 Å². The zero-order valence-corrected chi connectivity index (χ0v) is 22.0. The van der Waals surface area contributed by atoms with Gasteiger partial charge in [-0.25, -0.2) is 4.99 Å². The van der Waals surface area contributed by atoms with Crippen molar-refractivity contribution >= 4 is 38.5 Å². The van der Waals surface area contributed by atoms with Gasteiger partial charge in [0.15, 0.2) is 0 Å². The predicted octanol–water partition coefficient (Wildman–Crippen LogP) is 8.17. The van der Waals surface area contributed by atoms with Gasteiger partial charge < -0.3 is 4.74 Å². The molecule has 0 saturated carbocycles. The van der Waals surface area contributed by atoms with Gasteiger partial charge in [0, 0.05) is 21.1 Å². The Morgan fingerprint density at radius 3 is 2.67 bits per heavy atom. The average molecular weight is 522 g/mol. The van der Waals surface area contributed by atoms with E-state index in [0.29, 0.717) is 12.5 Å². The highest BCUT2D eigenvalue weighted by molar-refractivity contribution is 9.10. The highest BCUT2D eigenvalue weighted by atomic mass is 79.9. The van der Waals surface area contributed by atoms with Crippen LogP contribution in [0.25, 0.3) is 0 Å². The van der Waals surface area contributed by atoms with Crippen LogP contribution in [0.1, 0.15) is 59.9 Å². The molecule has 1 aliphatic rings. The van der Waals surface area contributed by atoms with Crippen molar-refractivity contribution in [3.8, 4) is 11.8 Å². The molecule has 3 nitrogen and oxygen atoms in total. The lowest BCUT2D eigenvalue weighted by molar-refractivity contribution is 0.218. The summed E-state index contributed by atoms with van der Waals surface area (Å²) in [5, 5.41) is 10.7. The molecule has 0 unspecified atom stereocenters. The highest BCUT2D eigenvalue weighted by Crippen LogP contribution is 2.45. The van der Waals surface area contributed by atoms with E-state index >= 15 is 0 Å². The molecule has 4 rings (SSSR count). The van der Waals surface area contributed by atoms with Crippen molar-refractivity contribution in [2.45, 2.75) is 53.6 Å². The quantitative estimate of drug-likeness (QED) is 0.318. The molecule has 2 aromatic carbocycles. The zero-order valence-electron chi connectivity index (χ0n) is 19.6. The minimum atomic E-state index is 0.276. The topological polar surface area (TPSA) is 45.4 Å². The number of fused-ring (bicyclic) bond motifs is 1. The van der Waals surface area contributed by atoms with Crippen LogP contribution >= 0.6 is 27.3 Å². The van der Waals surface area contributed by atoms with Crippen LogP contribution in [0.5, 0.6) is 5.75 Å². The number of rotatable bonds is 5. The van der Waals surface area contributed by atoms with E-state index in [2.05, 4.69) is 74.0 Å². The summed E-state index contributed by atoms with van der Waals surface area (Å²) in [6.07, 6.45) is 4.96. The fraction of sp³-hybridized carbons (Fsp3) is 0.357. The summed E-state index contributed by atoms with van der Waals surface area (Å²) in [5.74, 6) is 1.41. The first kappa shape index (κ1) is 23.7. The number of nitriles is 1. The maximum atomic E-state index is 9.87. The van der Waals surface area contributed by atoms with Crippen molar-refractivity contribution in [3.63, 3.8) is 0 Å². The molecule has 1 atom stereocenters. The minimum absolute atomic E-state index is 0.276. The number of hydrogen-bond donors (Lipinski definition) is 0. The highest BCUT2D eigenvalue weighted by Gasteiger charge is 2.32. The standard InChI is InChI=1S/C28H29BrN2OS/c1-18-5-7-19(8-6-18)17-32-25-12-10-22(29)13-20(25)16-31-27-24(15-30)23-11-9-21(28(2,3)4)14-26(23)33-27/h5-8,10,12-13,16,21H,9,11,14,17H2,1-4H3/t21-/m0/s1. The molecule has 0 amide bonds. The molecule has 0 aliphatic heterocycles. The third-order valence-electron chi connectivity index (χ3n) is 6.39. The SMILES string of the molecule is Cc1ccc(COc2ccc(Br)cc2C=Nc2sc3c(c2C#N)CC[C@H](C(C)(C)C)C3)cc1. The molecule has 0 radical (unpaired) electrons. The van der Waals surface area contributed by atoms with Crippen molar-refractivity contribution in [3.05, 3.63) is 79.6 Å². The van der Waals surface area contributed by atoms with E-state index in [1.54, 1.807) is 11.3 Å². The van der Waals surface area contributed by atoms with Crippen LogP contribution in [0.4, 0.5) is 5.00 Å². The fourth-order valence-corrected chi connectivity index (χ4v) is 5.84. The lowest BCUT2D eigenvalue weighted by Crippen LogP contribution is -2.26. The van der Waals surface area contributed by atoms with Crippen molar-refractivity contribution in [1.29, 1.82) is 5.26 Å². The van der Waals surface area contributed by atoms with E-state index in [1.807, 2.05) is 24.4 Å². The van der Waals surface area contributed by atoms with Crippen LogP contribution < -0.4 is 4.74 Å². The van der Waals surface area contributed by atoms with Gasteiger partial charge in [-0.05, 0) is 66.8 Å². The van der Waals surface area contributed by atoms with Crippen molar-refractivity contribution < 1.29 is 4.74 Å². The second-order valence-electron chi connectivity index (χ2n) is 9.82. The summed E-state index contributed by atoms with van der Waals surface area (Å²) in [7, 11) is 0. The lowest BCUT2D eigenvalue weighted by Gasteiger charge is -2.33. The van der Waals surface area contributed by atoms with E-state index in [0.717, 1.165) is 51.2 Å². The number of thiophene rings is 1. The van der Waals surface area contributed by atoms with Gasteiger partial charge in [0.1, 0.15) is 23.4 Å². The maximum absolute atomic E-state index is 9.87. The van der Waals surface area contributed by atoms with Gasteiger partial charge in [0.25, 0.3) is 0 Å². The molecule has 1 heterocycles. The van der Waals surface area contributed by atoms with Crippen molar-refractivity contribution in [2.75, 3.05) is 0 Å². The molecule has 5 heteroatoms. The number of aliphatic imine (C=N–C) groups is 1. The minimum Gasteiger partial charge on any atom is -0.488 e. The summed E-state index contributed by atoms with van der Waals surface area (Å²) in [4.78, 5) is 6.11. The molecule has 0 N–H and O–H groups in total. The van der Waals surface area contributed by atoms with Gasteiger partial charge in [0.05, 0.1) is 5.56 Å². The summed E-state index contributed by atoms with van der Waals surface area (Å²) >= 11 is 5.23. The summed E-state index contributed by atoms with van der Waals surface area (Å²) in [6, 6.07) is 16.7. The van der Waals surface area contributed by atoms with E-state index < -0.39 is 0 Å². The predicted molar refractivity (Wildman–Crippen MR) is 141 cm³/mol. The normalized spacial score (nSPS) is 15.9. The molecule has 3 aromatic rings. The molecule has 1 aromatic heterocycles. The van der Waals surface area contributed by atoms with Crippen LogP contribution in [0.15, 0.2) is 51.9 Å². The smallest absolute Gasteiger partial charge is 0.134 e. The number of halogens is 1. The Hall–Kier alpha value is -2.42. The number of nitrogens with zero attached hydrogens (tertiary/aromatic N) is 2. The van der Waals surface area contributed by atoms with E-state index in [9.17, 15) is 5.26 Å². The van der Waals surface area contributed by atoms with Gasteiger partial charge in [-0.3, -0.25) is 0 Å². The van der Waals surface area contributed by atoms with Crippen LogP contribution in [0.3, 0.4) is 0 Å². The Labute approximate surface area is 209 Å². The van der Waals surface area contributed by atoms with Crippen LogP contribution in [-0.2, 0) is 19.4 Å². The molecular formula is C28H29BrN2OS. The Morgan fingerprint density at radius 2 is 1.97 bits per heavy atom. The first-order valence-electron chi connectivity index (χ1n) is 11.3. The van der Waals surface area contributed by atoms with Gasteiger partial charge >= 0.3 is 0 Å². The Morgan fingerprint density at radius 1 is 1.21 bits per heavy atom. The first-order valence-corrected chi connectivity index (χ1v) is 12.9. The molecular weight excluding hydrogens is 492 g/mol. The maximum Gasteiger partial charge on any atom is 0.134 e. The zero-order chi connectivity index (χ0) is 23.6. The summed E-state index contributed by atoms with van der Waals surface area (Å²) < 4.78 is 7.09. The average Bonchev–Trinajstić information content (AvgIpc) is 3.14. The van der Waals surface area contributed by atoms with Gasteiger partial charge in [-0.2, -0.15) is 5.26 Å². The van der Waals surface area contributed by atoms with E-state index in [-0.39, 0.29) is 5.41 Å². The van der Waals surface area contributed by atoms with Crippen LogP contribution in [0, 0.1) is 29.6 Å². The molecule has 170 valence electrons. The lowest BCUT2D eigenvalue weighted by atomic mass is 9.72. The first-order chi connectivity index (χ1) is 15.7. The Balaban J connectivity index is 1.58. The van der Waals surface area contributed by atoms with E-state index in [4.69, 9.17) is 9.73 Å². The molecule has 0 spiro atoms. The third kappa shape index (κ3) is 5.57. The van der Waals surface area contributed by atoms with Crippen molar-refractivity contribution in [1.82, 2.24) is 0 Å². The monoisotopic (exact) mass is 520 g/mol. The summed E-state index contributed by atoms with van der Waals surface area (Å²) in [5.41, 5.74) is 5.47. The Bertz CT molecular complexity index is 1210. The largest absolute Gasteiger partial charge is 0.488 e. The number of ether oxygens (including phenoxy) is 1. The molecule has 1 aliphatic carbocycles. The summed E-state index contributed by atoms with van der Waals surface area (Å²) in [6.45, 7) is 9.51. The number of benzene rings is 2. The third-order valence-corrected chi connectivity index (χ3v) is 8.05. The fourth-order valence-electron chi connectivity index (χ4n) is 4.24. The van der Waals surface area contributed by atoms with Crippen LogP contribution in [0.2, 0.25) is 0 Å². The molecule has 33 heavy (non-hydrogen) atoms. The van der Waals surface area contributed by atoms with Gasteiger partial charge in [0.2, 0.25) is 0 Å². The molecule has 0 fully saturated rings. The van der Waals surface area contributed by atoms with Gasteiger partial charge in [-0.15, -0.1) is 11.3 Å². The van der Waals surface area contributed by atoms with Crippen molar-refractivity contribution in [2.24, 2.45) is 16.3 Å². The molecule has 0 saturated heterocycles. The van der Waals surface area contributed by atoms with E-state index in [1.165, 1.54) is 16.0 Å². The van der Waals surface area contributed by atoms with Crippen LogP contribution in [-0.4, -0.2) is 6.21 Å². The number of aryl methyl sites for hydroxylation is 1. The second-order valence-corrected chi connectivity index (χ2v) is 11.8. The Kier molecular flexibility index (Phi) is 7.07.